The molecule has 0 saturated heterocycles. The molecular formula is C15H22FN. The van der Waals surface area contributed by atoms with E-state index in [1.54, 1.807) is 12.1 Å². The summed E-state index contributed by atoms with van der Waals surface area (Å²) in [5.41, 5.74) is 6.63. The third-order valence-corrected chi connectivity index (χ3v) is 4.15. The highest BCUT2D eigenvalue weighted by molar-refractivity contribution is 5.29. The van der Waals surface area contributed by atoms with Crippen molar-refractivity contribution in [2.75, 3.05) is 6.54 Å². The van der Waals surface area contributed by atoms with Gasteiger partial charge in [0.2, 0.25) is 0 Å². The first-order valence-electron chi connectivity index (χ1n) is 6.63. The maximum absolute atomic E-state index is 13.9. The normalized spacial score (nSPS) is 19.7. The van der Waals surface area contributed by atoms with Gasteiger partial charge < -0.3 is 5.73 Å². The Morgan fingerprint density at radius 2 is 2.06 bits per heavy atom. The topological polar surface area (TPSA) is 26.0 Å². The van der Waals surface area contributed by atoms with Crippen LogP contribution in [0, 0.1) is 11.7 Å². The van der Waals surface area contributed by atoms with E-state index in [2.05, 4.69) is 6.92 Å². The van der Waals surface area contributed by atoms with E-state index < -0.39 is 0 Å². The molecule has 2 N–H and O–H groups in total. The molecule has 1 nitrogen and oxygen atoms in total. The zero-order valence-electron chi connectivity index (χ0n) is 10.6. The predicted molar refractivity (Wildman–Crippen MR) is 69.4 cm³/mol. The molecule has 0 heterocycles. The van der Waals surface area contributed by atoms with E-state index in [1.807, 2.05) is 12.1 Å². The average Bonchev–Trinajstić information content (AvgIpc) is 2.25. The van der Waals surface area contributed by atoms with Crippen molar-refractivity contribution in [2.24, 2.45) is 11.7 Å². The van der Waals surface area contributed by atoms with E-state index in [-0.39, 0.29) is 11.2 Å². The van der Waals surface area contributed by atoms with Crippen LogP contribution in [0.4, 0.5) is 4.39 Å². The van der Waals surface area contributed by atoms with Crippen LogP contribution in [0.15, 0.2) is 24.3 Å². The fraction of sp³-hybridized carbons (Fsp3) is 0.600. The van der Waals surface area contributed by atoms with Crippen LogP contribution in [-0.2, 0) is 5.41 Å². The summed E-state index contributed by atoms with van der Waals surface area (Å²) in [6.45, 7) is 2.96. The van der Waals surface area contributed by atoms with E-state index >= 15 is 0 Å². The second kappa shape index (κ2) is 5.18. The summed E-state index contributed by atoms with van der Waals surface area (Å²) in [7, 11) is 0. The van der Waals surface area contributed by atoms with Gasteiger partial charge in [-0.25, -0.2) is 4.39 Å². The van der Waals surface area contributed by atoms with Crippen LogP contribution < -0.4 is 5.73 Å². The largest absolute Gasteiger partial charge is 0.330 e. The van der Waals surface area contributed by atoms with Crippen molar-refractivity contribution >= 4 is 0 Å². The fourth-order valence-corrected chi connectivity index (χ4v) is 3.13. The first-order valence-corrected chi connectivity index (χ1v) is 6.63. The fourth-order valence-electron chi connectivity index (χ4n) is 3.13. The third-order valence-electron chi connectivity index (χ3n) is 4.15. The Hall–Kier alpha value is -0.890. The Bertz CT molecular complexity index is 371. The SMILES string of the molecule is CC(CCN)CC1(c2ccccc2F)CCC1. The number of hydrogen-bond acceptors (Lipinski definition) is 1. The van der Waals surface area contributed by atoms with Crippen LogP contribution in [0.5, 0.6) is 0 Å². The van der Waals surface area contributed by atoms with Crippen LogP contribution in [0.1, 0.15) is 44.6 Å². The molecule has 1 unspecified atom stereocenters. The summed E-state index contributed by atoms with van der Waals surface area (Å²) in [4.78, 5) is 0. The summed E-state index contributed by atoms with van der Waals surface area (Å²) in [6, 6.07) is 7.27. The minimum Gasteiger partial charge on any atom is -0.330 e. The van der Waals surface area contributed by atoms with E-state index in [1.165, 1.54) is 6.42 Å². The van der Waals surface area contributed by atoms with E-state index in [0.29, 0.717) is 5.92 Å². The second-order valence-corrected chi connectivity index (χ2v) is 5.50. The van der Waals surface area contributed by atoms with Crippen LogP contribution in [0.3, 0.4) is 0 Å². The van der Waals surface area contributed by atoms with Crippen molar-refractivity contribution in [3.63, 3.8) is 0 Å². The molecule has 0 aromatic heterocycles. The Morgan fingerprint density at radius 3 is 2.59 bits per heavy atom. The van der Waals surface area contributed by atoms with Gasteiger partial charge in [0, 0.05) is 0 Å². The summed E-state index contributed by atoms with van der Waals surface area (Å²) in [5, 5.41) is 0. The van der Waals surface area contributed by atoms with E-state index in [9.17, 15) is 4.39 Å². The Kier molecular flexibility index (Phi) is 3.82. The minimum atomic E-state index is -0.0350. The first kappa shape index (κ1) is 12.6. The van der Waals surface area contributed by atoms with Gasteiger partial charge in [-0.3, -0.25) is 0 Å². The van der Waals surface area contributed by atoms with Gasteiger partial charge in [0.05, 0.1) is 0 Å². The summed E-state index contributed by atoms with van der Waals surface area (Å²) in [5.74, 6) is 0.548. The highest BCUT2D eigenvalue weighted by Crippen LogP contribution is 2.49. The van der Waals surface area contributed by atoms with Gasteiger partial charge >= 0.3 is 0 Å². The summed E-state index contributed by atoms with van der Waals surface area (Å²) < 4.78 is 13.9. The molecule has 0 amide bonds. The number of benzene rings is 1. The summed E-state index contributed by atoms with van der Waals surface area (Å²) >= 11 is 0. The van der Waals surface area contributed by atoms with Crippen molar-refractivity contribution in [3.05, 3.63) is 35.6 Å². The average molecular weight is 235 g/mol. The minimum absolute atomic E-state index is 0.0350. The van der Waals surface area contributed by atoms with E-state index in [4.69, 9.17) is 5.73 Å². The van der Waals surface area contributed by atoms with Crippen molar-refractivity contribution in [2.45, 2.75) is 44.4 Å². The molecule has 0 radical (unpaired) electrons. The molecule has 2 heteroatoms. The van der Waals surface area contributed by atoms with Gasteiger partial charge in [-0.05, 0) is 55.2 Å². The lowest BCUT2D eigenvalue weighted by Crippen LogP contribution is -2.37. The van der Waals surface area contributed by atoms with Gasteiger partial charge in [0.1, 0.15) is 5.82 Å². The van der Waals surface area contributed by atoms with Gasteiger partial charge in [-0.1, -0.05) is 31.5 Å². The monoisotopic (exact) mass is 235 g/mol. The van der Waals surface area contributed by atoms with Crippen molar-refractivity contribution in [1.82, 2.24) is 0 Å². The molecule has 0 spiro atoms. The lowest BCUT2D eigenvalue weighted by Gasteiger charge is -2.44. The Labute approximate surface area is 103 Å². The molecule has 2 rings (SSSR count). The van der Waals surface area contributed by atoms with Gasteiger partial charge in [0.15, 0.2) is 0 Å². The van der Waals surface area contributed by atoms with Crippen molar-refractivity contribution in [1.29, 1.82) is 0 Å². The second-order valence-electron chi connectivity index (χ2n) is 5.50. The van der Waals surface area contributed by atoms with Gasteiger partial charge in [0.25, 0.3) is 0 Å². The van der Waals surface area contributed by atoms with Gasteiger partial charge in [-0.2, -0.15) is 0 Å². The molecule has 1 fully saturated rings. The molecule has 17 heavy (non-hydrogen) atoms. The lowest BCUT2D eigenvalue weighted by atomic mass is 9.60. The van der Waals surface area contributed by atoms with Crippen LogP contribution in [-0.4, -0.2) is 6.54 Å². The molecule has 1 aromatic rings. The molecule has 1 aromatic carbocycles. The number of halogens is 1. The Morgan fingerprint density at radius 1 is 1.35 bits per heavy atom. The zero-order chi connectivity index (χ0) is 12.3. The molecule has 1 saturated carbocycles. The molecule has 94 valence electrons. The summed E-state index contributed by atoms with van der Waals surface area (Å²) in [6.07, 6.45) is 5.59. The number of nitrogens with two attached hydrogens (primary N) is 1. The standard InChI is InChI=1S/C15H22FN/c1-12(7-10-17)11-15(8-4-9-15)13-5-2-3-6-14(13)16/h2-3,5-6,12H,4,7-11,17H2,1H3. The first-order chi connectivity index (χ1) is 8.18. The number of hydrogen-bond donors (Lipinski definition) is 1. The number of rotatable bonds is 5. The maximum atomic E-state index is 13.9. The van der Waals surface area contributed by atoms with E-state index in [0.717, 1.165) is 37.8 Å². The zero-order valence-corrected chi connectivity index (χ0v) is 10.6. The van der Waals surface area contributed by atoms with Crippen molar-refractivity contribution in [3.8, 4) is 0 Å². The smallest absolute Gasteiger partial charge is 0.126 e. The van der Waals surface area contributed by atoms with Crippen LogP contribution in [0.2, 0.25) is 0 Å². The molecule has 1 atom stereocenters. The van der Waals surface area contributed by atoms with Gasteiger partial charge in [-0.15, -0.1) is 0 Å². The van der Waals surface area contributed by atoms with Crippen molar-refractivity contribution < 1.29 is 4.39 Å². The Balaban J connectivity index is 2.17. The highest BCUT2D eigenvalue weighted by Gasteiger charge is 2.40. The maximum Gasteiger partial charge on any atom is 0.126 e. The lowest BCUT2D eigenvalue weighted by molar-refractivity contribution is 0.185. The third kappa shape index (κ3) is 2.52. The predicted octanol–water partition coefficient (Wildman–Crippen LogP) is 3.62. The quantitative estimate of drug-likeness (QED) is 0.828. The molecule has 0 bridgehead atoms. The molecule has 0 aliphatic heterocycles. The molecule has 1 aliphatic carbocycles. The molecular weight excluding hydrogens is 213 g/mol. The van der Waals surface area contributed by atoms with Crippen LogP contribution >= 0.6 is 0 Å². The van der Waals surface area contributed by atoms with Crippen LogP contribution in [0.25, 0.3) is 0 Å². The molecule has 1 aliphatic rings. The highest BCUT2D eigenvalue weighted by atomic mass is 19.1.